The molecular weight excluding hydrogens is 236 g/mol. The first-order chi connectivity index (χ1) is 8.33. The van der Waals surface area contributed by atoms with Crippen molar-refractivity contribution in [1.29, 1.82) is 0 Å². The van der Waals surface area contributed by atoms with Crippen molar-refractivity contribution in [1.82, 2.24) is 14.5 Å². The maximum atomic E-state index is 11.9. The molecule has 1 fully saturated rings. The summed E-state index contributed by atoms with van der Waals surface area (Å²) in [5.74, 6) is 0. The van der Waals surface area contributed by atoms with E-state index >= 15 is 0 Å². The standard InChI is InChI=1S/C11H12N4OS/c16-11(15-5-1-2-6-15)12-8-3-4-10-9(7-8)13-14-17-10/h3-4,7H,1-2,5-6H2,(H,12,16). The molecule has 0 saturated carbocycles. The summed E-state index contributed by atoms with van der Waals surface area (Å²) < 4.78 is 4.90. The van der Waals surface area contributed by atoms with Gasteiger partial charge in [-0.15, -0.1) is 5.10 Å². The van der Waals surface area contributed by atoms with Crippen molar-refractivity contribution >= 4 is 33.5 Å². The SMILES string of the molecule is O=C(Nc1ccc2snnc2c1)N1CCCC1. The zero-order valence-corrected chi connectivity index (χ0v) is 10.0. The summed E-state index contributed by atoms with van der Waals surface area (Å²) in [5.41, 5.74) is 1.61. The van der Waals surface area contributed by atoms with Gasteiger partial charge in [-0.05, 0) is 42.6 Å². The summed E-state index contributed by atoms with van der Waals surface area (Å²) in [6.45, 7) is 1.71. The van der Waals surface area contributed by atoms with Crippen molar-refractivity contribution in [2.75, 3.05) is 18.4 Å². The quantitative estimate of drug-likeness (QED) is 0.842. The van der Waals surface area contributed by atoms with Crippen LogP contribution in [0.1, 0.15) is 12.8 Å². The second-order valence-electron chi connectivity index (χ2n) is 4.08. The molecule has 6 heteroatoms. The number of anilines is 1. The Morgan fingerprint density at radius 3 is 3.00 bits per heavy atom. The third-order valence-electron chi connectivity index (χ3n) is 2.89. The maximum absolute atomic E-state index is 11.9. The Morgan fingerprint density at radius 2 is 2.18 bits per heavy atom. The first-order valence-electron chi connectivity index (χ1n) is 5.61. The highest BCUT2D eigenvalue weighted by atomic mass is 32.1. The van der Waals surface area contributed by atoms with E-state index in [0.717, 1.165) is 41.8 Å². The molecule has 2 heterocycles. The molecule has 5 nitrogen and oxygen atoms in total. The number of nitrogens with zero attached hydrogens (tertiary/aromatic N) is 3. The molecule has 17 heavy (non-hydrogen) atoms. The minimum absolute atomic E-state index is 0.0231. The number of hydrogen-bond donors (Lipinski definition) is 1. The van der Waals surface area contributed by atoms with Crippen LogP contribution in [0.2, 0.25) is 0 Å². The molecule has 0 atom stereocenters. The van der Waals surface area contributed by atoms with Crippen LogP contribution in [0, 0.1) is 0 Å². The fourth-order valence-electron chi connectivity index (χ4n) is 1.98. The van der Waals surface area contributed by atoms with Gasteiger partial charge in [-0.25, -0.2) is 4.79 Å². The predicted molar refractivity (Wildman–Crippen MR) is 67.2 cm³/mol. The number of carbonyl (C=O) groups excluding carboxylic acids is 1. The van der Waals surface area contributed by atoms with Crippen LogP contribution in [0.5, 0.6) is 0 Å². The van der Waals surface area contributed by atoms with Gasteiger partial charge in [0.2, 0.25) is 0 Å². The number of aromatic nitrogens is 2. The van der Waals surface area contributed by atoms with Crippen LogP contribution in [0.3, 0.4) is 0 Å². The lowest BCUT2D eigenvalue weighted by Gasteiger charge is -2.15. The zero-order valence-electron chi connectivity index (χ0n) is 9.22. The van der Waals surface area contributed by atoms with Crippen LogP contribution in [0.15, 0.2) is 18.2 Å². The number of carbonyl (C=O) groups is 1. The minimum atomic E-state index is -0.0231. The number of urea groups is 1. The number of hydrogen-bond acceptors (Lipinski definition) is 4. The highest BCUT2D eigenvalue weighted by molar-refractivity contribution is 7.12. The lowest BCUT2D eigenvalue weighted by molar-refractivity contribution is 0.222. The van der Waals surface area contributed by atoms with Crippen molar-refractivity contribution in [3.63, 3.8) is 0 Å². The van der Waals surface area contributed by atoms with E-state index in [1.54, 1.807) is 0 Å². The molecule has 1 N–H and O–H groups in total. The molecule has 0 bridgehead atoms. The fraction of sp³-hybridized carbons (Fsp3) is 0.364. The van der Waals surface area contributed by atoms with Gasteiger partial charge in [0.1, 0.15) is 5.52 Å². The molecule has 0 unspecified atom stereocenters. The predicted octanol–water partition coefficient (Wildman–Crippen LogP) is 2.32. The second kappa shape index (κ2) is 4.29. The van der Waals surface area contributed by atoms with E-state index in [-0.39, 0.29) is 6.03 Å². The van der Waals surface area contributed by atoms with Crippen molar-refractivity contribution in [3.8, 4) is 0 Å². The van der Waals surface area contributed by atoms with Crippen molar-refractivity contribution in [2.45, 2.75) is 12.8 Å². The Morgan fingerprint density at radius 1 is 1.35 bits per heavy atom. The monoisotopic (exact) mass is 248 g/mol. The summed E-state index contributed by atoms with van der Waals surface area (Å²) in [6, 6.07) is 5.65. The number of likely N-dealkylation sites (tertiary alicyclic amines) is 1. The van der Waals surface area contributed by atoms with Crippen molar-refractivity contribution in [2.24, 2.45) is 0 Å². The Hall–Kier alpha value is -1.69. The smallest absolute Gasteiger partial charge is 0.321 e. The van der Waals surface area contributed by atoms with Crippen LogP contribution in [-0.4, -0.2) is 33.6 Å². The molecule has 3 rings (SSSR count). The molecule has 0 spiro atoms. The topological polar surface area (TPSA) is 58.1 Å². The fourth-order valence-corrected chi connectivity index (χ4v) is 2.52. The summed E-state index contributed by atoms with van der Waals surface area (Å²) in [4.78, 5) is 13.7. The van der Waals surface area contributed by atoms with Gasteiger partial charge in [-0.3, -0.25) is 0 Å². The average molecular weight is 248 g/mol. The van der Waals surface area contributed by atoms with E-state index in [0.29, 0.717) is 0 Å². The molecule has 0 radical (unpaired) electrons. The van der Waals surface area contributed by atoms with E-state index in [4.69, 9.17) is 0 Å². The van der Waals surface area contributed by atoms with Gasteiger partial charge in [0, 0.05) is 18.8 Å². The van der Waals surface area contributed by atoms with Crippen LogP contribution in [-0.2, 0) is 0 Å². The van der Waals surface area contributed by atoms with E-state index in [1.165, 1.54) is 11.5 Å². The van der Waals surface area contributed by atoms with Crippen molar-refractivity contribution < 1.29 is 4.79 Å². The van der Waals surface area contributed by atoms with E-state index < -0.39 is 0 Å². The molecule has 2 amide bonds. The zero-order chi connectivity index (χ0) is 11.7. The Labute approximate surface area is 103 Å². The molecule has 1 aliphatic rings. The van der Waals surface area contributed by atoms with Crippen LogP contribution in [0.4, 0.5) is 10.5 Å². The van der Waals surface area contributed by atoms with Gasteiger partial charge in [-0.2, -0.15) is 0 Å². The molecule has 88 valence electrons. The Balaban J connectivity index is 1.77. The molecule has 1 aromatic carbocycles. The van der Waals surface area contributed by atoms with Crippen molar-refractivity contribution in [3.05, 3.63) is 18.2 Å². The second-order valence-corrected chi connectivity index (χ2v) is 4.87. The Kier molecular flexibility index (Phi) is 2.64. The number of benzene rings is 1. The van der Waals surface area contributed by atoms with Gasteiger partial charge in [0.25, 0.3) is 0 Å². The first-order valence-corrected chi connectivity index (χ1v) is 6.38. The number of amides is 2. The number of fused-ring (bicyclic) bond motifs is 1. The molecular formula is C11H12N4OS. The molecule has 2 aromatic rings. The third kappa shape index (κ3) is 2.08. The summed E-state index contributed by atoms with van der Waals surface area (Å²) in [5, 5.41) is 6.88. The largest absolute Gasteiger partial charge is 0.325 e. The highest BCUT2D eigenvalue weighted by Crippen LogP contribution is 2.20. The van der Waals surface area contributed by atoms with Crippen LogP contribution < -0.4 is 5.32 Å². The van der Waals surface area contributed by atoms with Gasteiger partial charge in [0.15, 0.2) is 0 Å². The molecule has 1 aromatic heterocycles. The summed E-state index contributed by atoms with van der Waals surface area (Å²) in [6.07, 6.45) is 2.20. The molecule has 0 aliphatic carbocycles. The van der Waals surface area contributed by atoms with E-state index in [9.17, 15) is 4.79 Å². The van der Waals surface area contributed by atoms with Gasteiger partial charge < -0.3 is 10.2 Å². The number of rotatable bonds is 1. The third-order valence-corrected chi connectivity index (χ3v) is 3.60. The summed E-state index contributed by atoms with van der Waals surface area (Å²) in [7, 11) is 0. The molecule has 1 saturated heterocycles. The van der Waals surface area contributed by atoms with Gasteiger partial charge >= 0.3 is 6.03 Å². The van der Waals surface area contributed by atoms with E-state index in [1.807, 2.05) is 23.1 Å². The Bertz CT molecular complexity index is 547. The molecule has 1 aliphatic heterocycles. The normalized spacial score (nSPS) is 15.4. The first kappa shape index (κ1) is 10.5. The maximum Gasteiger partial charge on any atom is 0.321 e. The van der Waals surface area contributed by atoms with Crippen LogP contribution in [0.25, 0.3) is 10.2 Å². The average Bonchev–Trinajstić information content (AvgIpc) is 2.99. The minimum Gasteiger partial charge on any atom is -0.325 e. The lowest BCUT2D eigenvalue weighted by Crippen LogP contribution is -2.32. The lowest BCUT2D eigenvalue weighted by atomic mass is 10.3. The number of nitrogens with one attached hydrogen (secondary N) is 1. The van der Waals surface area contributed by atoms with Crippen LogP contribution >= 0.6 is 11.5 Å². The summed E-state index contributed by atoms with van der Waals surface area (Å²) >= 11 is 1.36. The van der Waals surface area contributed by atoms with Gasteiger partial charge in [-0.1, -0.05) is 4.49 Å². The highest BCUT2D eigenvalue weighted by Gasteiger charge is 2.17. The van der Waals surface area contributed by atoms with Gasteiger partial charge in [0.05, 0.1) is 4.70 Å². The van der Waals surface area contributed by atoms with E-state index in [2.05, 4.69) is 14.9 Å².